The summed E-state index contributed by atoms with van der Waals surface area (Å²) in [4.78, 5) is 0. The van der Waals surface area contributed by atoms with Gasteiger partial charge in [0.25, 0.3) is 0 Å². The van der Waals surface area contributed by atoms with Gasteiger partial charge in [0.2, 0.25) is 0 Å². The molecular weight excluding hydrogens is 128 g/mol. The van der Waals surface area contributed by atoms with E-state index in [2.05, 4.69) is 5.32 Å². The zero-order chi connectivity index (χ0) is 8.53. The minimum absolute atomic E-state index is 0.542. The van der Waals surface area contributed by atoms with Gasteiger partial charge in [-0.1, -0.05) is 0 Å². The van der Waals surface area contributed by atoms with Crippen LogP contribution in [0, 0.1) is 0 Å². The number of hydrogen-bond acceptors (Lipinski definition) is 4. The van der Waals surface area contributed by atoms with Crippen molar-refractivity contribution < 1.29 is 1.41 Å². The van der Waals surface area contributed by atoms with E-state index in [1.165, 1.54) is 5.31 Å². The van der Waals surface area contributed by atoms with Gasteiger partial charge in [-0.15, -0.1) is 0 Å². The van der Waals surface area contributed by atoms with Crippen LogP contribution in [0.2, 0.25) is 1.41 Å². The minimum Gasteiger partial charge on any atom is -0.329 e. The van der Waals surface area contributed by atoms with Crippen molar-refractivity contribution in [3.63, 3.8) is 0 Å². The third kappa shape index (κ3) is 7.84. The molecule has 0 aliphatic heterocycles. The molecule has 0 aromatic rings. The Labute approximate surface area is 63.8 Å². The highest BCUT2D eigenvalue weighted by Gasteiger charge is 1.83. The smallest absolute Gasteiger partial charge is 0.122 e. The van der Waals surface area contributed by atoms with Crippen LogP contribution in [0.15, 0.2) is 0 Å². The zero-order valence-corrected chi connectivity index (χ0v) is 6.34. The SMILES string of the molecule is [2H]N(CCN)CCNCCN. The normalized spacial score (nSPS) is 12.1. The molecule has 0 aliphatic rings. The van der Waals surface area contributed by atoms with E-state index in [4.69, 9.17) is 12.9 Å². The monoisotopic (exact) mass is 147 g/mol. The molecule has 4 heteroatoms. The third-order valence-corrected chi connectivity index (χ3v) is 1.06. The van der Waals surface area contributed by atoms with Crippen molar-refractivity contribution in [1.82, 2.24) is 10.6 Å². The van der Waals surface area contributed by atoms with Gasteiger partial charge in [0, 0.05) is 39.3 Å². The Hall–Kier alpha value is -0.160. The van der Waals surface area contributed by atoms with Gasteiger partial charge in [-0.2, -0.15) is 0 Å². The van der Waals surface area contributed by atoms with Crippen LogP contribution >= 0.6 is 0 Å². The molecule has 0 unspecified atom stereocenters. The molecule has 62 valence electrons. The second-order valence-corrected chi connectivity index (χ2v) is 2.00. The largest absolute Gasteiger partial charge is 0.329 e. The van der Waals surface area contributed by atoms with E-state index in [1.54, 1.807) is 0 Å². The van der Waals surface area contributed by atoms with Gasteiger partial charge in [0.15, 0.2) is 0 Å². The van der Waals surface area contributed by atoms with Crippen LogP contribution in [0.1, 0.15) is 0 Å². The van der Waals surface area contributed by atoms with E-state index < -0.39 is 0 Å². The lowest BCUT2D eigenvalue weighted by atomic mass is 10.5. The fraction of sp³-hybridized carbons (Fsp3) is 1.00. The summed E-state index contributed by atoms with van der Waals surface area (Å²) in [7, 11) is 0. The van der Waals surface area contributed by atoms with Crippen molar-refractivity contribution in [3.8, 4) is 0 Å². The maximum atomic E-state index is 7.29. The topological polar surface area (TPSA) is 76.1 Å². The van der Waals surface area contributed by atoms with E-state index in [-0.39, 0.29) is 0 Å². The molecule has 0 amide bonds. The molecule has 10 heavy (non-hydrogen) atoms. The van der Waals surface area contributed by atoms with Crippen molar-refractivity contribution in [3.05, 3.63) is 0 Å². The minimum atomic E-state index is 0.542. The predicted molar refractivity (Wildman–Crippen MR) is 43.8 cm³/mol. The summed E-state index contributed by atoms with van der Waals surface area (Å²) < 4.78 is 7.29. The fourth-order valence-corrected chi connectivity index (χ4v) is 0.588. The van der Waals surface area contributed by atoms with Crippen LogP contribution in [-0.2, 0) is 0 Å². The molecule has 0 radical (unpaired) electrons. The van der Waals surface area contributed by atoms with Crippen LogP contribution in [0.3, 0.4) is 0 Å². The average Bonchev–Trinajstić information content (AvgIpc) is 1.99. The van der Waals surface area contributed by atoms with Crippen molar-refractivity contribution in [2.45, 2.75) is 0 Å². The molecule has 0 heterocycles. The highest BCUT2D eigenvalue weighted by atomic mass is 14.9. The highest BCUT2D eigenvalue weighted by molar-refractivity contribution is 4.51. The molecule has 0 rings (SSSR count). The maximum Gasteiger partial charge on any atom is 0.122 e. The standard InChI is InChI=1S/C6H18N4/c7-1-3-9-5-6-10-4-2-8/h9-10H,1-8H2/i/hD. The van der Waals surface area contributed by atoms with Crippen molar-refractivity contribution in [1.29, 1.82) is 0 Å². The Kier molecular flexibility index (Phi) is 7.02. The van der Waals surface area contributed by atoms with E-state index in [0.29, 0.717) is 26.2 Å². The molecule has 0 aromatic heterocycles. The maximum absolute atomic E-state index is 7.29. The first-order chi connectivity index (χ1) is 5.31. The molecule has 0 fully saturated rings. The van der Waals surface area contributed by atoms with Gasteiger partial charge >= 0.3 is 0 Å². The van der Waals surface area contributed by atoms with E-state index in [9.17, 15) is 0 Å². The summed E-state index contributed by atoms with van der Waals surface area (Å²) in [6.45, 7) is 4.15. The Morgan fingerprint density at radius 1 is 1.00 bits per heavy atom. The number of hydrogen-bond donors (Lipinski definition) is 4. The molecule has 0 aliphatic carbocycles. The number of rotatable bonds is 7. The van der Waals surface area contributed by atoms with Crippen molar-refractivity contribution in [2.24, 2.45) is 11.5 Å². The average molecular weight is 147 g/mol. The first kappa shape index (κ1) is 7.94. The fourth-order valence-electron chi connectivity index (χ4n) is 0.588. The van der Waals surface area contributed by atoms with Crippen LogP contribution in [0.25, 0.3) is 0 Å². The molecule has 6 N–H and O–H groups in total. The summed E-state index contributed by atoms with van der Waals surface area (Å²) >= 11 is 0. The highest BCUT2D eigenvalue weighted by Crippen LogP contribution is 1.57. The first-order valence-corrected chi connectivity index (χ1v) is 3.66. The molecule has 0 aromatic carbocycles. The molecule has 0 atom stereocenters. The van der Waals surface area contributed by atoms with Crippen LogP contribution < -0.4 is 22.1 Å². The summed E-state index contributed by atoms with van der Waals surface area (Å²) in [5.41, 5.74) is 10.5. The molecular formula is C6H18N4. The first-order valence-electron chi connectivity index (χ1n) is 4.10. The molecule has 0 spiro atoms. The zero-order valence-electron chi connectivity index (χ0n) is 7.34. The second kappa shape index (κ2) is 8.84. The van der Waals surface area contributed by atoms with E-state index >= 15 is 0 Å². The van der Waals surface area contributed by atoms with Gasteiger partial charge in [-0.05, 0) is 0 Å². The summed E-state index contributed by atoms with van der Waals surface area (Å²) in [6, 6.07) is 0. The van der Waals surface area contributed by atoms with Crippen LogP contribution in [0.4, 0.5) is 0 Å². The lowest BCUT2D eigenvalue weighted by Crippen LogP contribution is -2.32. The Morgan fingerprint density at radius 3 is 2.30 bits per heavy atom. The summed E-state index contributed by atoms with van der Waals surface area (Å²) in [6.07, 6.45) is 0. The quantitative estimate of drug-likeness (QED) is 0.317. The van der Waals surface area contributed by atoms with Gasteiger partial charge in [-0.3, -0.25) is 0 Å². The predicted octanol–water partition coefficient (Wildman–Crippen LogP) is -1.92. The molecule has 0 saturated heterocycles. The van der Waals surface area contributed by atoms with E-state index in [1.807, 2.05) is 0 Å². The van der Waals surface area contributed by atoms with Gasteiger partial charge in [0.1, 0.15) is 1.41 Å². The van der Waals surface area contributed by atoms with Crippen LogP contribution in [0.5, 0.6) is 0 Å². The number of nitrogens with two attached hydrogens (primary N) is 2. The second-order valence-electron chi connectivity index (χ2n) is 2.00. The van der Waals surface area contributed by atoms with Gasteiger partial charge in [-0.25, -0.2) is 0 Å². The molecule has 4 nitrogen and oxygen atoms in total. The lowest BCUT2D eigenvalue weighted by Gasteiger charge is -2.03. The number of nitrogens with one attached hydrogen (secondary N) is 2. The molecule has 0 bridgehead atoms. The Balaban J connectivity index is 2.97. The van der Waals surface area contributed by atoms with E-state index in [0.717, 1.165) is 13.1 Å². The van der Waals surface area contributed by atoms with Gasteiger partial charge in [0.05, 0.1) is 0 Å². The summed E-state index contributed by atoms with van der Waals surface area (Å²) in [5, 5.41) is 4.54. The summed E-state index contributed by atoms with van der Waals surface area (Å²) in [5.74, 6) is 0. The molecule has 0 saturated carbocycles. The third-order valence-electron chi connectivity index (χ3n) is 1.06. The van der Waals surface area contributed by atoms with Crippen molar-refractivity contribution in [2.75, 3.05) is 39.3 Å². The van der Waals surface area contributed by atoms with Crippen molar-refractivity contribution >= 4 is 0 Å². The Morgan fingerprint density at radius 2 is 1.70 bits per heavy atom. The lowest BCUT2D eigenvalue weighted by molar-refractivity contribution is 0.618. The van der Waals surface area contributed by atoms with Crippen LogP contribution in [-0.4, -0.2) is 39.3 Å². The Bertz CT molecular complexity index is 81.0. The van der Waals surface area contributed by atoms with Gasteiger partial charge < -0.3 is 22.1 Å².